The number of H-pyrrole nitrogens is 1. The molecule has 0 unspecified atom stereocenters. The van der Waals surface area contributed by atoms with Crippen LogP contribution >= 0.6 is 11.3 Å². The number of carbonyl (C=O) groups is 1. The van der Waals surface area contributed by atoms with Crippen molar-refractivity contribution in [1.29, 1.82) is 0 Å². The monoisotopic (exact) mass is 335 g/mol. The fourth-order valence-electron chi connectivity index (χ4n) is 2.91. The number of para-hydroxylation sites is 2. The van der Waals surface area contributed by atoms with Gasteiger partial charge in [-0.1, -0.05) is 41.7 Å². The SMILES string of the molecule is Cc1cccc2sc(NC(=O)CCc3c[nH]c4ccccc34)nc12. The van der Waals surface area contributed by atoms with Crippen LogP contribution in [0.2, 0.25) is 0 Å². The summed E-state index contributed by atoms with van der Waals surface area (Å²) in [4.78, 5) is 20.0. The number of nitrogens with zero attached hydrogens (tertiary/aromatic N) is 1. The third kappa shape index (κ3) is 2.78. The number of hydrogen-bond acceptors (Lipinski definition) is 3. The van der Waals surface area contributed by atoms with E-state index >= 15 is 0 Å². The molecule has 0 radical (unpaired) electrons. The summed E-state index contributed by atoms with van der Waals surface area (Å²) in [6, 6.07) is 14.2. The number of amides is 1. The van der Waals surface area contributed by atoms with Crippen LogP contribution in [0.3, 0.4) is 0 Å². The first-order chi connectivity index (χ1) is 11.7. The van der Waals surface area contributed by atoms with Gasteiger partial charge in [-0.2, -0.15) is 0 Å². The van der Waals surface area contributed by atoms with Crippen LogP contribution in [0, 0.1) is 6.92 Å². The number of rotatable bonds is 4. The highest BCUT2D eigenvalue weighted by atomic mass is 32.1. The number of carbonyl (C=O) groups excluding carboxylic acids is 1. The Hall–Kier alpha value is -2.66. The van der Waals surface area contributed by atoms with Crippen molar-refractivity contribution in [2.45, 2.75) is 19.8 Å². The molecule has 0 atom stereocenters. The van der Waals surface area contributed by atoms with Gasteiger partial charge < -0.3 is 10.3 Å². The van der Waals surface area contributed by atoms with Gasteiger partial charge in [0.25, 0.3) is 0 Å². The first-order valence-corrected chi connectivity index (χ1v) is 8.73. The molecule has 0 saturated carbocycles. The summed E-state index contributed by atoms with van der Waals surface area (Å²) >= 11 is 1.52. The van der Waals surface area contributed by atoms with Crippen LogP contribution in [0.15, 0.2) is 48.7 Å². The minimum absolute atomic E-state index is 0.00279. The van der Waals surface area contributed by atoms with Crippen molar-refractivity contribution in [3.05, 3.63) is 59.8 Å². The van der Waals surface area contributed by atoms with Gasteiger partial charge in [-0.05, 0) is 36.6 Å². The molecule has 2 aromatic heterocycles. The zero-order valence-corrected chi connectivity index (χ0v) is 14.1. The summed E-state index contributed by atoms with van der Waals surface area (Å²) < 4.78 is 1.10. The van der Waals surface area contributed by atoms with E-state index in [2.05, 4.69) is 21.4 Å². The van der Waals surface area contributed by atoms with Crippen LogP contribution in [0.5, 0.6) is 0 Å². The Balaban J connectivity index is 1.45. The van der Waals surface area contributed by atoms with Gasteiger partial charge >= 0.3 is 0 Å². The van der Waals surface area contributed by atoms with Crippen LogP contribution in [0.4, 0.5) is 5.13 Å². The van der Waals surface area contributed by atoms with Crippen molar-refractivity contribution in [1.82, 2.24) is 9.97 Å². The lowest BCUT2D eigenvalue weighted by Crippen LogP contribution is -2.11. The molecule has 120 valence electrons. The van der Waals surface area contributed by atoms with E-state index in [0.717, 1.165) is 21.3 Å². The smallest absolute Gasteiger partial charge is 0.226 e. The van der Waals surface area contributed by atoms with Gasteiger partial charge in [-0.15, -0.1) is 0 Å². The molecule has 0 bridgehead atoms. The molecule has 2 N–H and O–H groups in total. The van der Waals surface area contributed by atoms with Gasteiger partial charge in [0, 0.05) is 23.5 Å². The fraction of sp³-hybridized carbons (Fsp3) is 0.158. The molecule has 0 saturated heterocycles. The van der Waals surface area contributed by atoms with Crippen LogP contribution in [-0.4, -0.2) is 15.9 Å². The lowest BCUT2D eigenvalue weighted by Gasteiger charge is -2.01. The van der Waals surface area contributed by atoms with E-state index in [0.29, 0.717) is 18.0 Å². The van der Waals surface area contributed by atoms with Gasteiger partial charge in [0.1, 0.15) is 0 Å². The molecule has 24 heavy (non-hydrogen) atoms. The Morgan fingerprint density at radius 1 is 1.21 bits per heavy atom. The highest BCUT2D eigenvalue weighted by Gasteiger charge is 2.10. The Labute approximate surface area is 143 Å². The molecule has 0 aliphatic heterocycles. The standard InChI is InChI=1S/C19H17N3OS/c1-12-5-4-8-16-18(12)22-19(24-16)21-17(23)10-9-13-11-20-15-7-3-2-6-14(13)15/h2-8,11,20H,9-10H2,1H3,(H,21,22,23). The average molecular weight is 335 g/mol. The second-order valence-corrected chi connectivity index (χ2v) is 6.88. The normalized spacial score (nSPS) is 11.2. The van der Waals surface area contributed by atoms with E-state index < -0.39 is 0 Å². The van der Waals surface area contributed by atoms with Crippen molar-refractivity contribution in [2.75, 3.05) is 5.32 Å². The first kappa shape index (κ1) is 14.9. The molecule has 0 fully saturated rings. The minimum Gasteiger partial charge on any atom is -0.361 e. The molecule has 4 aromatic rings. The summed E-state index contributed by atoms with van der Waals surface area (Å²) in [7, 11) is 0. The average Bonchev–Trinajstić information content (AvgIpc) is 3.17. The van der Waals surface area contributed by atoms with E-state index in [-0.39, 0.29) is 5.91 Å². The topological polar surface area (TPSA) is 57.8 Å². The van der Waals surface area contributed by atoms with Crippen molar-refractivity contribution < 1.29 is 4.79 Å². The van der Waals surface area contributed by atoms with E-state index in [1.54, 1.807) is 0 Å². The molecular formula is C19H17N3OS. The lowest BCUT2D eigenvalue weighted by molar-refractivity contribution is -0.116. The number of benzene rings is 2. The summed E-state index contributed by atoms with van der Waals surface area (Å²) in [5, 5.41) is 4.78. The number of nitrogens with one attached hydrogen (secondary N) is 2. The molecule has 2 heterocycles. The summed E-state index contributed by atoms with van der Waals surface area (Å²) in [6.07, 6.45) is 3.13. The maximum atomic E-state index is 12.3. The number of aryl methyl sites for hydroxylation is 2. The van der Waals surface area contributed by atoms with E-state index in [4.69, 9.17) is 0 Å². The maximum absolute atomic E-state index is 12.3. The molecule has 1 amide bonds. The van der Waals surface area contributed by atoms with E-state index in [9.17, 15) is 4.79 Å². The quantitative estimate of drug-likeness (QED) is 0.570. The molecule has 4 nitrogen and oxygen atoms in total. The zero-order valence-electron chi connectivity index (χ0n) is 13.3. The van der Waals surface area contributed by atoms with Gasteiger partial charge in [0.05, 0.1) is 10.2 Å². The molecular weight excluding hydrogens is 318 g/mol. The van der Waals surface area contributed by atoms with Crippen molar-refractivity contribution in [3.63, 3.8) is 0 Å². The van der Waals surface area contributed by atoms with Gasteiger partial charge in [0.2, 0.25) is 5.91 Å². The molecule has 5 heteroatoms. The lowest BCUT2D eigenvalue weighted by atomic mass is 10.1. The van der Waals surface area contributed by atoms with Gasteiger partial charge in [0.15, 0.2) is 5.13 Å². The third-order valence-corrected chi connectivity index (χ3v) is 5.10. The van der Waals surface area contributed by atoms with Crippen molar-refractivity contribution >= 4 is 43.5 Å². The number of aromatic nitrogens is 2. The largest absolute Gasteiger partial charge is 0.361 e. The number of aromatic amines is 1. The molecule has 0 spiro atoms. The molecule has 0 aliphatic rings. The van der Waals surface area contributed by atoms with Crippen LogP contribution in [0.25, 0.3) is 21.1 Å². The highest BCUT2D eigenvalue weighted by molar-refractivity contribution is 7.22. The predicted octanol–water partition coefficient (Wildman–Crippen LogP) is 4.66. The van der Waals surface area contributed by atoms with E-state index in [1.807, 2.05) is 49.5 Å². The minimum atomic E-state index is -0.00279. The number of hydrogen-bond donors (Lipinski definition) is 2. The maximum Gasteiger partial charge on any atom is 0.226 e. The number of fused-ring (bicyclic) bond motifs is 2. The van der Waals surface area contributed by atoms with Gasteiger partial charge in [-0.25, -0.2) is 4.98 Å². The highest BCUT2D eigenvalue weighted by Crippen LogP contribution is 2.28. The molecule has 2 aromatic carbocycles. The van der Waals surface area contributed by atoms with Crippen LogP contribution < -0.4 is 5.32 Å². The summed E-state index contributed by atoms with van der Waals surface area (Å²) in [6.45, 7) is 2.03. The Bertz CT molecular complexity index is 1030. The predicted molar refractivity (Wildman–Crippen MR) is 99.6 cm³/mol. The zero-order chi connectivity index (χ0) is 16.5. The molecule has 4 rings (SSSR count). The summed E-state index contributed by atoms with van der Waals surface area (Å²) in [5.41, 5.74) is 4.37. The van der Waals surface area contributed by atoms with Crippen molar-refractivity contribution in [3.8, 4) is 0 Å². The Morgan fingerprint density at radius 2 is 2.08 bits per heavy atom. The number of anilines is 1. The molecule has 0 aliphatic carbocycles. The Morgan fingerprint density at radius 3 is 2.96 bits per heavy atom. The van der Waals surface area contributed by atoms with E-state index in [1.165, 1.54) is 22.3 Å². The second-order valence-electron chi connectivity index (χ2n) is 5.85. The summed E-state index contributed by atoms with van der Waals surface area (Å²) in [5.74, 6) is -0.00279. The number of thiazole rings is 1. The first-order valence-electron chi connectivity index (χ1n) is 7.92. The van der Waals surface area contributed by atoms with Crippen LogP contribution in [0.1, 0.15) is 17.5 Å². The third-order valence-electron chi connectivity index (χ3n) is 4.16. The second kappa shape index (κ2) is 6.09. The van der Waals surface area contributed by atoms with Crippen molar-refractivity contribution in [2.24, 2.45) is 0 Å². The van der Waals surface area contributed by atoms with Gasteiger partial charge in [-0.3, -0.25) is 4.79 Å². The Kier molecular flexibility index (Phi) is 3.78. The fourth-order valence-corrected chi connectivity index (χ4v) is 3.87. The van der Waals surface area contributed by atoms with Crippen LogP contribution in [-0.2, 0) is 11.2 Å².